The van der Waals surface area contributed by atoms with Crippen molar-refractivity contribution < 1.29 is 47.0 Å². The molecular formula is C41H57F2N5O8. The van der Waals surface area contributed by atoms with Crippen LogP contribution in [-0.4, -0.2) is 83.4 Å². The molecule has 2 N–H and O–H groups in total. The molecule has 2 heterocycles. The molecule has 0 saturated carbocycles. The predicted molar refractivity (Wildman–Crippen MR) is 208 cm³/mol. The number of nitrogens with zero attached hydrogens (tertiary/aromatic N) is 3. The van der Waals surface area contributed by atoms with Gasteiger partial charge < -0.3 is 19.5 Å². The van der Waals surface area contributed by atoms with Gasteiger partial charge in [0.05, 0.1) is 35.2 Å². The molecule has 1 saturated heterocycles. The highest BCUT2D eigenvalue weighted by Gasteiger charge is 2.33. The van der Waals surface area contributed by atoms with E-state index < -0.39 is 78.3 Å². The number of hydrazine groups is 1. The number of nitrogens with one attached hydrogen (secondary N) is 2. The average molecular weight is 786 g/mol. The normalized spacial score (nSPS) is 17.0. The van der Waals surface area contributed by atoms with E-state index >= 15 is 0 Å². The van der Waals surface area contributed by atoms with Crippen LogP contribution < -0.4 is 10.7 Å². The first-order valence-corrected chi connectivity index (χ1v) is 19.1. The molecule has 1 aromatic heterocycles. The number of hydrogen-bond acceptors (Lipinski definition) is 10. The van der Waals surface area contributed by atoms with E-state index in [2.05, 4.69) is 20.7 Å². The Hall–Kier alpha value is -4.79. The molecule has 2 unspecified atom stereocenters. The highest BCUT2D eigenvalue weighted by molar-refractivity contribution is 6.39. The highest BCUT2D eigenvalue weighted by atomic mass is 19.3. The number of esters is 2. The summed E-state index contributed by atoms with van der Waals surface area (Å²) in [5.41, 5.74) is 2.69. The fraction of sp³-hybridized carbons (Fsp3) is 0.585. The molecule has 0 radical (unpaired) electrons. The molecule has 1 aliphatic heterocycles. The SMILES string of the molecule is CCCC(C)COC(=O)[C@@H]1CCCN(C(=O)C(C)=NC(=O)CC(COC(=O)C(C)(C)/C=C/c2ccc3ccc([C@@H](C)NC(=O)OC(C)(C)C)nc3c2)C(F)F)N1. The van der Waals surface area contributed by atoms with Gasteiger partial charge in [-0.15, -0.1) is 0 Å². The molecule has 4 atom stereocenters. The number of rotatable bonds is 16. The summed E-state index contributed by atoms with van der Waals surface area (Å²) in [6.45, 7) is 15.4. The number of alkyl halides is 2. The van der Waals surface area contributed by atoms with E-state index in [1.54, 1.807) is 53.7 Å². The Morgan fingerprint density at radius 1 is 1.05 bits per heavy atom. The quantitative estimate of drug-likeness (QED) is 0.102. The molecular weight excluding hydrogens is 728 g/mol. The van der Waals surface area contributed by atoms with Crippen molar-refractivity contribution in [2.75, 3.05) is 19.8 Å². The standard InChI is InChI=1S/C41H57F2N5O8/c1-10-12-25(2)23-54-37(51)32-13-11-20-48(47-32)36(50)27(4)44-34(49)22-30(35(42)43)24-55-38(52)41(8,9)19-18-28-14-15-29-16-17-31(46-33(29)21-28)26(3)45-39(53)56-40(5,6)7/h14-19,21,25-26,30,32,35,47H,10-13,20,22-24H2,1-9H3,(H,45,53)/b19-18+,44-27?/t25?,26-,30?,32+/m1/s1. The van der Waals surface area contributed by atoms with Gasteiger partial charge in [0.15, 0.2) is 0 Å². The molecule has 308 valence electrons. The van der Waals surface area contributed by atoms with Gasteiger partial charge in [-0.1, -0.05) is 50.6 Å². The Morgan fingerprint density at radius 2 is 1.75 bits per heavy atom. The number of alkyl carbamates (subject to hydrolysis) is 1. The Morgan fingerprint density at radius 3 is 2.41 bits per heavy atom. The van der Waals surface area contributed by atoms with Crippen LogP contribution in [0.1, 0.15) is 112 Å². The summed E-state index contributed by atoms with van der Waals surface area (Å²) in [4.78, 5) is 72.0. The number of aromatic nitrogens is 1. The Bertz CT molecular complexity index is 1770. The van der Waals surface area contributed by atoms with Gasteiger partial charge in [-0.25, -0.2) is 24.0 Å². The zero-order chi connectivity index (χ0) is 41.8. The van der Waals surface area contributed by atoms with Gasteiger partial charge in [-0.2, -0.15) is 0 Å². The van der Waals surface area contributed by atoms with Crippen LogP contribution in [0.25, 0.3) is 17.0 Å². The van der Waals surface area contributed by atoms with Crippen molar-refractivity contribution in [2.45, 2.75) is 119 Å². The lowest BCUT2D eigenvalue weighted by molar-refractivity contribution is -0.155. The van der Waals surface area contributed by atoms with Gasteiger partial charge in [0.1, 0.15) is 24.0 Å². The maximum Gasteiger partial charge on any atom is 0.408 e. The number of ether oxygens (including phenoxy) is 3. The molecule has 2 aromatic rings. The van der Waals surface area contributed by atoms with Crippen molar-refractivity contribution in [3.05, 3.63) is 47.7 Å². The number of carbonyl (C=O) groups excluding carboxylic acids is 5. The third-order valence-corrected chi connectivity index (χ3v) is 8.96. The summed E-state index contributed by atoms with van der Waals surface area (Å²) < 4.78 is 44.0. The fourth-order valence-corrected chi connectivity index (χ4v) is 5.72. The summed E-state index contributed by atoms with van der Waals surface area (Å²) in [6, 6.07) is 8.02. The van der Waals surface area contributed by atoms with Crippen LogP contribution >= 0.6 is 0 Å². The molecule has 1 aromatic carbocycles. The molecule has 13 nitrogen and oxygen atoms in total. The third-order valence-electron chi connectivity index (χ3n) is 8.96. The second kappa shape index (κ2) is 20.4. The van der Waals surface area contributed by atoms with E-state index in [9.17, 15) is 32.8 Å². The van der Waals surface area contributed by atoms with Crippen LogP contribution in [0, 0.1) is 17.3 Å². The van der Waals surface area contributed by atoms with Crippen LogP contribution in [0.2, 0.25) is 0 Å². The van der Waals surface area contributed by atoms with Crippen molar-refractivity contribution in [2.24, 2.45) is 22.2 Å². The summed E-state index contributed by atoms with van der Waals surface area (Å²) in [5.74, 6) is -4.36. The number of hydrogen-bond donors (Lipinski definition) is 2. The van der Waals surface area contributed by atoms with Crippen molar-refractivity contribution in [1.82, 2.24) is 20.7 Å². The summed E-state index contributed by atoms with van der Waals surface area (Å²) in [5, 5.41) is 4.80. The lowest BCUT2D eigenvalue weighted by Gasteiger charge is -2.32. The van der Waals surface area contributed by atoms with Gasteiger partial charge >= 0.3 is 18.0 Å². The lowest BCUT2D eigenvalue weighted by Crippen LogP contribution is -2.56. The second-order valence-corrected chi connectivity index (χ2v) is 15.9. The predicted octanol–water partition coefficient (Wildman–Crippen LogP) is 7.14. The molecule has 1 aliphatic rings. The first-order chi connectivity index (χ1) is 26.2. The lowest BCUT2D eigenvalue weighted by atomic mass is 9.92. The van der Waals surface area contributed by atoms with Crippen molar-refractivity contribution in [3.8, 4) is 0 Å². The van der Waals surface area contributed by atoms with Crippen LogP contribution in [0.5, 0.6) is 0 Å². The Balaban J connectivity index is 1.57. The fourth-order valence-electron chi connectivity index (χ4n) is 5.72. The number of halogens is 2. The van der Waals surface area contributed by atoms with Crippen molar-refractivity contribution in [3.63, 3.8) is 0 Å². The number of amides is 3. The molecule has 1 fully saturated rings. The molecule has 0 bridgehead atoms. The van der Waals surface area contributed by atoms with Crippen LogP contribution in [0.4, 0.5) is 13.6 Å². The maximum absolute atomic E-state index is 14.0. The minimum absolute atomic E-state index is 0.206. The minimum Gasteiger partial charge on any atom is -0.465 e. The monoisotopic (exact) mass is 785 g/mol. The topological polar surface area (TPSA) is 166 Å². The summed E-state index contributed by atoms with van der Waals surface area (Å²) in [7, 11) is 0. The van der Waals surface area contributed by atoms with Gasteiger partial charge in [0.2, 0.25) is 12.3 Å². The maximum atomic E-state index is 14.0. The molecule has 0 aliphatic carbocycles. The number of fused-ring (bicyclic) bond motifs is 1. The zero-order valence-corrected chi connectivity index (χ0v) is 33.9. The second-order valence-electron chi connectivity index (χ2n) is 15.9. The van der Waals surface area contributed by atoms with Gasteiger partial charge in [0.25, 0.3) is 5.91 Å². The van der Waals surface area contributed by atoms with E-state index in [0.717, 1.165) is 18.2 Å². The van der Waals surface area contributed by atoms with E-state index in [4.69, 9.17) is 14.2 Å². The average Bonchev–Trinajstić information content (AvgIpc) is 3.12. The van der Waals surface area contributed by atoms with Crippen LogP contribution in [0.15, 0.2) is 41.4 Å². The van der Waals surface area contributed by atoms with Gasteiger partial charge in [0, 0.05) is 18.4 Å². The largest absolute Gasteiger partial charge is 0.465 e. The van der Waals surface area contributed by atoms with Crippen molar-refractivity contribution >= 4 is 52.5 Å². The van der Waals surface area contributed by atoms with E-state index in [0.29, 0.717) is 29.6 Å². The summed E-state index contributed by atoms with van der Waals surface area (Å²) >= 11 is 0. The van der Waals surface area contributed by atoms with Gasteiger partial charge in [-0.05, 0) is 91.3 Å². The summed E-state index contributed by atoms with van der Waals surface area (Å²) in [6.07, 6.45) is 1.78. The molecule has 0 spiro atoms. The zero-order valence-electron chi connectivity index (χ0n) is 33.9. The number of benzene rings is 1. The van der Waals surface area contributed by atoms with E-state index in [1.165, 1.54) is 11.9 Å². The van der Waals surface area contributed by atoms with Crippen LogP contribution in [0.3, 0.4) is 0 Å². The molecule has 3 rings (SSSR count). The van der Waals surface area contributed by atoms with E-state index in [1.807, 2.05) is 44.2 Å². The highest BCUT2D eigenvalue weighted by Crippen LogP contribution is 2.25. The smallest absolute Gasteiger partial charge is 0.408 e. The minimum atomic E-state index is -3.01. The Labute approximate surface area is 328 Å². The van der Waals surface area contributed by atoms with Crippen LogP contribution in [-0.2, 0) is 33.4 Å². The molecule has 3 amide bonds. The molecule has 15 heteroatoms. The third kappa shape index (κ3) is 14.4. The number of pyridine rings is 1. The first kappa shape index (κ1) is 45.6. The number of carbonyl (C=O) groups is 5. The number of aliphatic imine (C=N–C) groups is 1. The molecule has 56 heavy (non-hydrogen) atoms. The Kier molecular flexibility index (Phi) is 16.6. The van der Waals surface area contributed by atoms with Crippen molar-refractivity contribution in [1.29, 1.82) is 0 Å². The van der Waals surface area contributed by atoms with Gasteiger partial charge in [-0.3, -0.25) is 29.2 Å². The van der Waals surface area contributed by atoms with E-state index in [-0.39, 0.29) is 24.8 Å². The first-order valence-electron chi connectivity index (χ1n) is 19.1.